The van der Waals surface area contributed by atoms with Crippen molar-refractivity contribution in [1.82, 2.24) is 10.3 Å². The molecule has 0 saturated carbocycles. The van der Waals surface area contributed by atoms with Gasteiger partial charge in [-0.25, -0.2) is 13.8 Å². The smallest absolute Gasteiger partial charge is 0.285 e. The van der Waals surface area contributed by atoms with Gasteiger partial charge in [0.2, 0.25) is 0 Å². The Morgan fingerprint density at radius 2 is 2.10 bits per heavy atom. The maximum atomic E-state index is 13.1. The third-order valence-corrected chi connectivity index (χ3v) is 3.14. The molecule has 6 nitrogen and oxygen atoms in total. The van der Waals surface area contributed by atoms with Gasteiger partial charge < -0.3 is 5.32 Å². The fourth-order valence-electron chi connectivity index (χ4n) is 1.46. The zero-order valence-electron chi connectivity index (χ0n) is 9.80. The summed E-state index contributed by atoms with van der Waals surface area (Å²) in [5.74, 6) is -3.58. The zero-order valence-corrected chi connectivity index (χ0v) is 10.6. The molecule has 0 aliphatic carbocycles. The van der Waals surface area contributed by atoms with Crippen molar-refractivity contribution in [2.24, 2.45) is 0 Å². The molecule has 0 unspecified atom stereocenters. The Labute approximate surface area is 115 Å². The number of hydrogen-bond donors (Lipinski definition) is 1. The van der Waals surface area contributed by atoms with Gasteiger partial charge in [-0.1, -0.05) is 0 Å². The Morgan fingerprint density at radius 1 is 1.40 bits per heavy atom. The van der Waals surface area contributed by atoms with E-state index in [1.54, 1.807) is 5.38 Å². The van der Waals surface area contributed by atoms with E-state index in [1.807, 2.05) is 0 Å². The van der Waals surface area contributed by atoms with Crippen molar-refractivity contribution in [2.45, 2.75) is 6.54 Å². The van der Waals surface area contributed by atoms with E-state index in [0.717, 1.165) is 0 Å². The Balaban J connectivity index is 2.24. The van der Waals surface area contributed by atoms with Crippen LogP contribution in [0.15, 0.2) is 23.7 Å². The highest BCUT2D eigenvalue weighted by Gasteiger charge is 2.23. The number of benzene rings is 1. The number of nitrogens with one attached hydrogen (secondary N) is 1. The van der Waals surface area contributed by atoms with Crippen molar-refractivity contribution in [3.63, 3.8) is 0 Å². The number of nitro benzene ring substituents is 1. The third kappa shape index (κ3) is 2.94. The van der Waals surface area contributed by atoms with Crippen LogP contribution in [0.1, 0.15) is 15.4 Å². The Bertz CT molecular complexity index is 661. The molecule has 1 N–H and O–H groups in total. The van der Waals surface area contributed by atoms with E-state index in [1.165, 1.54) is 17.5 Å². The molecule has 0 atom stereocenters. The first-order valence-electron chi connectivity index (χ1n) is 5.29. The van der Waals surface area contributed by atoms with E-state index in [-0.39, 0.29) is 6.54 Å². The number of aromatic nitrogens is 1. The summed E-state index contributed by atoms with van der Waals surface area (Å²) in [6, 6.07) is 0.887. The maximum absolute atomic E-state index is 13.1. The fraction of sp³-hybridized carbons (Fsp3) is 0.0909. The number of halogens is 2. The van der Waals surface area contributed by atoms with E-state index in [4.69, 9.17) is 0 Å². The van der Waals surface area contributed by atoms with Gasteiger partial charge in [0.1, 0.15) is 10.6 Å². The normalized spacial score (nSPS) is 10.3. The zero-order chi connectivity index (χ0) is 14.7. The number of carbonyl (C=O) groups is 1. The van der Waals surface area contributed by atoms with Gasteiger partial charge in [0, 0.05) is 11.6 Å². The first-order valence-corrected chi connectivity index (χ1v) is 6.17. The third-order valence-electron chi connectivity index (χ3n) is 2.36. The Hall–Kier alpha value is -2.42. The number of rotatable bonds is 4. The highest BCUT2D eigenvalue weighted by molar-refractivity contribution is 7.09. The molecule has 1 amide bonds. The minimum absolute atomic E-state index is 0.0483. The number of amides is 1. The van der Waals surface area contributed by atoms with Gasteiger partial charge in [-0.05, 0) is 6.07 Å². The van der Waals surface area contributed by atoms with Crippen molar-refractivity contribution in [3.8, 4) is 0 Å². The van der Waals surface area contributed by atoms with Crippen LogP contribution in [0, 0.1) is 21.7 Å². The number of hydrogen-bond acceptors (Lipinski definition) is 5. The highest BCUT2D eigenvalue weighted by Crippen LogP contribution is 2.22. The van der Waals surface area contributed by atoms with Crippen LogP contribution in [-0.4, -0.2) is 15.8 Å². The summed E-state index contributed by atoms with van der Waals surface area (Å²) in [4.78, 5) is 25.5. The van der Waals surface area contributed by atoms with E-state index >= 15 is 0 Å². The van der Waals surface area contributed by atoms with Crippen LogP contribution >= 0.6 is 11.3 Å². The molecular weight excluding hydrogens is 292 g/mol. The molecule has 0 aliphatic heterocycles. The van der Waals surface area contributed by atoms with Crippen LogP contribution in [0.5, 0.6) is 0 Å². The summed E-state index contributed by atoms with van der Waals surface area (Å²) in [6.45, 7) is 0.0483. The van der Waals surface area contributed by atoms with Gasteiger partial charge in [0.15, 0.2) is 11.6 Å². The lowest BCUT2D eigenvalue weighted by molar-refractivity contribution is -0.385. The minimum Gasteiger partial charge on any atom is -0.345 e. The van der Waals surface area contributed by atoms with E-state index in [9.17, 15) is 23.7 Å². The molecule has 0 spiro atoms. The lowest BCUT2D eigenvalue weighted by Gasteiger charge is -2.05. The van der Waals surface area contributed by atoms with Gasteiger partial charge >= 0.3 is 0 Å². The molecule has 0 aliphatic rings. The van der Waals surface area contributed by atoms with Gasteiger partial charge in [-0.2, -0.15) is 0 Å². The Morgan fingerprint density at radius 3 is 2.70 bits per heavy atom. The van der Waals surface area contributed by atoms with Gasteiger partial charge in [0.05, 0.1) is 17.5 Å². The quantitative estimate of drug-likeness (QED) is 0.693. The molecule has 2 rings (SSSR count). The first-order chi connectivity index (χ1) is 9.49. The van der Waals surface area contributed by atoms with E-state index in [2.05, 4.69) is 10.3 Å². The second-order valence-electron chi connectivity index (χ2n) is 3.65. The molecule has 20 heavy (non-hydrogen) atoms. The van der Waals surface area contributed by atoms with Crippen molar-refractivity contribution in [1.29, 1.82) is 0 Å². The fourth-order valence-corrected chi connectivity index (χ4v) is 2.02. The highest BCUT2D eigenvalue weighted by atomic mass is 32.1. The topological polar surface area (TPSA) is 85.1 Å². The standard InChI is InChI=1S/C11H7F2N3O3S/c12-7-3-6(9(16(18)19)4-8(7)13)11(17)15-5-10-14-1-2-20-10/h1-4H,5H2,(H,15,17). The van der Waals surface area contributed by atoms with Crippen LogP contribution in [0.25, 0.3) is 0 Å². The molecule has 1 aromatic heterocycles. The average Bonchev–Trinajstić information content (AvgIpc) is 2.91. The molecule has 1 heterocycles. The number of thiazole rings is 1. The van der Waals surface area contributed by atoms with Crippen molar-refractivity contribution >= 4 is 22.9 Å². The SMILES string of the molecule is O=C(NCc1nccs1)c1cc(F)c(F)cc1[N+](=O)[O-]. The van der Waals surface area contributed by atoms with Crippen LogP contribution in [0.2, 0.25) is 0 Å². The molecule has 0 fully saturated rings. The van der Waals surface area contributed by atoms with Gasteiger partial charge in [-0.15, -0.1) is 11.3 Å². The van der Waals surface area contributed by atoms with Crippen molar-refractivity contribution in [3.05, 3.63) is 56.0 Å². The second-order valence-corrected chi connectivity index (χ2v) is 4.63. The summed E-state index contributed by atoms with van der Waals surface area (Å²) in [7, 11) is 0. The number of carbonyl (C=O) groups excluding carboxylic acids is 1. The summed E-state index contributed by atoms with van der Waals surface area (Å²) < 4.78 is 26.1. The van der Waals surface area contributed by atoms with Gasteiger partial charge in [0.25, 0.3) is 11.6 Å². The largest absolute Gasteiger partial charge is 0.345 e. The summed E-state index contributed by atoms with van der Waals surface area (Å²) in [5, 5.41) is 15.4. The molecule has 0 bridgehead atoms. The Kier molecular flexibility index (Phi) is 3.99. The maximum Gasteiger partial charge on any atom is 0.285 e. The van der Waals surface area contributed by atoms with E-state index < -0.39 is 33.7 Å². The molecule has 104 valence electrons. The van der Waals surface area contributed by atoms with Crippen LogP contribution in [-0.2, 0) is 6.54 Å². The second kappa shape index (κ2) is 5.70. The van der Waals surface area contributed by atoms with Crippen LogP contribution in [0.3, 0.4) is 0 Å². The van der Waals surface area contributed by atoms with Crippen LogP contribution < -0.4 is 5.32 Å². The van der Waals surface area contributed by atoms with Gasteiger partial charge in [-0.3, -0.25) is 14.9 Å². The molecule has 0 saturated heterocycles. The summed E-state index contributed by atoms with van der Waals surface area (Å²) in [6.07, 6.45) is 1.53. The average molecular weight is 299 g/mol. The predicted octanol–water partition coefficient (Wildman–Crippen LogP) is 2.26. The number of nitro groups is 1. The van der Waals surface area contributed by atoms with Crippen molar-refractivity contribution < 1.29 is 18.5 Å². The minimum atomic E-state index is -1.38. The van der Waals surface area contributed by atoms with Crippen molar-refractivity contribution in [2.75, 3.05) is 0 Å². The summed E-state index contributed by atoms with van der Waals surface area (Å²) in [5.41, 5.74) is -1.33. The van der Waals surface area contributed by atoms with Crippen LogP contribution in [0.4, 0.5) is 14.5 Å². The molecule has 1 aromatic carbocycles. The van der Waals surface area contributed by atoms with E-state index in [0.29, 0.717) is 17.1 Å². The molecule has 0 radical (unpaired) electrons. The lowest BCUT2D eigenvalue weighted by atomic mass is 10.1. The molecular formula is C11H7F2N3O3S. The molecule has 9 heteroatoms. The monoisotopic (exact) mass is 299 g/mol. The number of nitrogens with zero attached hydrogens (tertiary/aromatic N) is 2. The first kappa shape index (κ1) is 14.0. The predicted molar refractivity (Wildman–Crippen MR) is 66.3 cm³/mol. The molecule has 2 aromatic rings. The summed E-state index contributed by atoms with van der Waals surface area (Å²) >= 11 is 1.28. The lowest BCUT2D eigenvalue weighted by Crippen LogP contribution is -2.24.